The van der Waals surface area contributed by atoms with Crippen molar-refractivity contribution in [1.29, 1.82) is 0 Å². The number of nitrogens with zero attached hydrogens (tertiary/aromatic N) is 2. The Hall–Kier alpha value is -2.24. The lowest BCUT2D eigenvalue weighted by molar-refractivity contribution is -0.132. The average Bonchev–Trinajstić information content (AvgIpc) is 2.58. The lowest BCUT2D eigenvalue weighted by Gasteiger charge is -2.35. The van der Waals surface area contributed by atoms with E-state index in [4.69, 9.17) is 9.47 Å². The Kier molecular flexibility index (Phi) is 6.28. The van der Waals surface area contributed by atoms with Crippen LogP contribution < -0.4 is 4.74 Å². The van der Waals surface area contributed by atoms with E-state index in [9.17, 15) is 9.59 Å². The molecule has 25 heavy (non-hydrogen) atoms. The highest BCUT2D eigenvalue weighted by molar-refractivity contribution is 5.77. The molecule has 0 aliphatic carbocycles. The molecule has 0 bridgehead atoms. The normalized spacial score (nSPS) is 15.0. The number of methoxy groups -OCH3 is 1. The molecule has 0 spiro atoms. The van der Waals surface area contributed by atoms with Crippen LogP contribution in [0.4, 0.5) is 4.79 Å². The van der Waals surface area contributed by atoms with E-state index in [0.717, 1.165) is 11.3 Å². The largest absolute Gasteiger partial charge is 0.497 e. The summed E-state index contributed by atoms with van der Waals surface area (Å²) in [4.78, 5) is 27.9. The first-order valence-corrected chi connectivity index (χ1v) is 8.67. The van der Waals surface area contributed by atoms with Gasteiger partial charge in [-0.1, -0.05) is 12.1 Å². The number of benzene rings is 1. The maximum atomic E-state index is 12.4. The number of aryl methyl sites for hydroxylation is 1. The molecule has 2 amide bonds. The van der Waals surface area contributed by atoms with Crippen LogP contribution in [0.25, 0.3) is 0 Å². The second-order valence-corrected chi connectivity index (χ2v) is 7.20. The molecular weight excluding hydrogens is 320 g/mol. The molecule has 0 aromatic heterocycles. The van der Waals surface area contributed by atoms with Gasteiger partial charge < -0.3 is 19.3 Å². The maximum Gasteiger partial charge on any atom is 0.410 e. The molecule has 0 unspecified atom stereocenters. The molecule has 1 aliphatic heterocycles. The van der Waals surface area contributed by atoms with Gasteiger partial charge in [-0.15, -0.1) is 0 Å². The molecule has 0 N–H and O–H groups in total. The van der Waals surface area contributed by atoms with Gasteiger partial charge in [-0.2, -0.15) is 0 Å². The van der Waals surface area contributed by atoms with Crippen LogP contribution in [0.2, 0.25) is 0 Å². The number of amides is 2. The minimum absolute atomic E-state index is 0.125. The highest BCUT2D eigenvalue weighted by atomic mass is 16.6. The molecule has 6 heteroatoms. The van der Waals surface area contributed by atoms with Crippen molar-refractivity contribution < 1.29 is 19.1 Å². The van der Waals surface area contributed by atoms with Crippen molar-refractivity contribution in [3.05, 3.63) is 29.8 Å². The molecule has 6 nitrogen and oxygen atoms in total. The second-order valence-electron chi connectivity index (χ2n) is 7.20. The smallest absolute Gasteiger partial charge is 0.410 e. The first-order valence-electron chi connectivity index (χ1n) is 8.67. The van der Waals surface area contributed by atoms with Crippen molar-refractivity contribution in [2.24, 2.45) is 0 Å². The molecule has 0 atom stereocenters. The van der Waals surface area contributed by atoms with Gasteiger partial charge in [0.1, 0.15) is 11.4 Å². The zero-order chi connectivity index (χ0) is 18.4. The van der Waals surface area contributed by atoms with E-state index in [1.165, 1.54) is 0 Å². The number of carbonyl (C=O) groups excluding carboxylic acids is 2. The number of hydrogen-bond acceptors (Lipinski definition) is 4. The van der Waals surface area contributed by atoms with Crippen molar-refractivity contribution in [1.82, 2.24) is 9.80 Å². The van der Waals surface area contributed by atoms with Crippen molar-refractivity contribution >= 4 is 12.0 Å². The Balaban J connectivity index is 1.76. The van der Waals surface area contributed by atoms with Crippen LogP contribution in [0, 0.1) is 0 Å². The Morgan fingerprint density at radius 1 is 1.00 bits per heavy atom. The van der Waals surface area contributed by atoms with Crippen LogP contribution in [-0.2, 0) is 16.0 Å². The minimum Gasteiger partial charge on any atom is -0.497 e. The third kappa shape index (κ3) is 5.96. The summed E-state index contributed by atoms with van der Waals surface area (Å²) in [5, 5.41) is 0. The van der Waals surface area contributed by atoms with Gasteiger partial charge in [0.2, 0.25) is 5.91 Å². The van der Waals surface area contributed by atoms with Gasteiger partial charge in [0.15, 0.2) is 0 Å². The zero-order valence-corrected chi connectivity index (χ0v) is 15.6. The molecule has 1 saturated heterocycles. The lowest BCUT2D eigenvalue weighted by Crippen LogP contribution is -2.51. The topological polar surface area (TPSA) is 59.1 Å². The summed E-state index contributed by atoms with van der Waals surface area (Å²) in [6, 6.07) is 7.76. The van der Waals surface area contributed by atoms with Crippen molar-refractivity contribution in [2.45, 2.75) is 39.2 Å². The van der Waals surface area contributed by atoms with Gasteiger partial charge in [0.05, 0.1) is 7.11 Å². The first-order chi connectivity index (χ1) is 11.8. The maximum absolute atomic E-state index is 12.4. The summed E-state index contributed by atoms with van der Waals surface area (Å²) < 4.78 is 10.5. The van der Waals surface area contributed by atoms with Crippen molar-refractivity contribution in [3.63, 3.8) is 0 Å². The van der Waals surface area contributed by atoms with Gasteiger partial charge in [-0.3, -0.25) is 4.79 Å². The fourth-order valence-corrected chi connectivity index (χ4v) is 2.67. The number of carbonyl (C=O) groups is 2. The van der Waals surface area contributed by atoms with E-state index in [1.54, 1.807) is 12.0 Å². The van der Waals surface area contributed by atoms with E-state index in [1.807, 2.05) is 49.9 Å². The summed E-state index contributed by atoms with van der Waals surface area (Å²) in [5.41, 5.74) is 0.615. The monoisotopic (exact) mass is 348 g/mol. The molecule has 0 radical (unpaired) electrons. The number of ether oxygens (including phenoxy) is 2. The fourth-order valence-electron chi connectivity index (χ4n) is 2.67. The molecular formula is C19H28N2O4. The standard InChI is InChI=1S/C19H28N2O4/c1-19(2,3)25-18(23)21-13-11-20(12-14-21)17(22)10-7-15-5-8-16(24-4)9-6-15/h5-6,8-9H,7,10-14H2,1-4H3. The lowest BCUT2D eigenvalue weighted by atomic mass is 10.1. The molecule has 1 fully saturated rings. The molecule has 1 heterocycles. The third-order valence-electron chi connectivity index (χ3n) is 4.07. The first kappa shape index (κ1) is 19.1. The van der Waals surface area contributed by atoms with E-state index in [2.05, 4.69) is 0 Å². The predicted octanol–water partition coefficient (Wildman–Crippen LogP) is 2.71. The summed E-state index contributed by atoms with van der Waals surface area (Å²) in [6.07, 6.45) is 0.867. The van der Waals surface area contributed by atoms with Crippen LogP contribution in [0.3, 0.4) is 0 Å². The van der Waals surface area contributed by atoms with Crippen LogP contribution in [0.15, 0.2) is 24.3 Å². The van der Waals surface area contributed by atoms with E-state index in [0.29, 0.717) is 39.0 Å². The van der Waals surface area contributed by atoms with Crippen LogP contribution >= 0.6 is 0 Å². The highest BCUT2D eigenvalue weighted by Gasteiger charge is 2.27. The molecule has 2 rings (SSSR count). The predicted molar refractivity (Wildman–Crippen MR) is 95.7 cm³/mol. The zero-order valence-electron chi connectivity index (χ0n) is 15.6. The molecule has 138 valence electrons. The van der Waals surface area contributed by atoms with E-state index >= 15 is 0 Å². The third-order valence-corrected chi connectivity index (χ3v) is 4.07. The number of piperazine rings is 1. The van der Waals surface area contributed by atoms with Gasteiger partial charge in [0, 0.05) is 32.6 Å². The Bertz CT molecular complexity index is 584. The molecule has 1 aromatic carbocycles. The Morgan fingerprint density at radius 3 is 2.08 bits per heavy atom. The molecule has 1 aromatic rings. The average molecular weight is 348 g/mol. The highest BCUT2D eigenvalue weighted by Crippen LogP contribution is 2.15. The van der Waals surface area contributed by atoms with E-state index < -0.39 is 5.60 Å². The summed E-state index contributed by atoms with van der Waals surface area (Å²) in [6.45, 7) is 7.70. The van der Waals surface area contributed by atoms with Crippen molar-refractivity contribution in [2.75, 3.05) is 33.3 Å². The summed E-state index contributed by atoms with van der Waals surface area (Å²) in [7, 11) is 1.63. The van der Waals surface area contributed by atoms with Gasteiger partial charge >= 0.3 is 6.09 Å². The van der Waals surface area contributed by atoms with Crippen LogP contribution in [0.1, 0.15) is 32.8 Å². The van der Waals surface area contributed by atoms with Crippen LogP contribution in [-0.4, -0.2) is 60.7 Å². The SMILES string of the molecule is COc1ccc(CCC(=O)N2CCN(C(=O)OC(C)(C)C)CC2)cc1. The molecule has 0 saturated carbocycles. The number of rotatable bonds is 4. The Labute approximate surface area is 149 Å². The summed E-state index contributed by atoms with van der Waals surface area (Å²) >= 11 is 0. The second kappa shape index (κ2) is 8.23. The van der Waals surface area contributed by atoms with Gasteiger partial charge in [-0.05, 0) is 44.9 Å². The van der Waals surface area contributed by atoms with Gasteiger partial charge in [0.25, 0.3) is 0 Å². The fraction of sp³-hybridized carbons (Fsp3) is 0.579. The minimum atomic E-state index is -0.498. The quantitative estimate of drug-likeness (QED) is 0.839. The van der Waals surface area contributed by atoms with Crippen molar-refractivity contribution in [3.8, 4) is 5.75 Å². The Morgan fingerprint density at radius 2 is 1.56 bits per heavy atom. The molecule has 1 aliphatic rings. The number of hydrogen-bond donors (Lipinski definition) is 0. The van der Waals surface area contributed by atoms with Crippen LogP contribution in [0.5, 0.6) is 5.75 Å². The van der Waals surface area contributed by atoms with Gasteiger partial charge in [-0.25, -0.2) is 4.79 Å². The summed E-state index contributed by atoms with van der Waals surface area (Å²) in [5.74, 6) is 0.938. The van der Waals surface area contributed by atoms with E-state index in [-0.39, 0.29) is 12.0 Å².